The number of halogens is 1. The molecule has 1 N–H and O–H groups in total. The molecule has 0 amide bonds. The van der Waals surface area contributed by atoms with Crippen LogP contribution in [0.15, 0.2) is 29.7 Å². The van der Waals surface area contributed by atoms with Crippen LogP contribution in [0.1, 0.15) is 5.56 Å². The Bertz CT molecular complexity index is 310. The molecule has 12 heavy (non-hydrogen) atoms. The average molecular weight is 201 g/mol. The monoisotopic (exact) mass is 200 g/mol. The highest BCUT2D eigenvalue weighted by atomic mass is 35.5. The van der Waals surface area contributed by atoms with Crippen LogP contribution in [0.4, 0.5) is 0 Å². The van der Waals surface area contributed by atoms with Gasteiger partial charge in [0.15, 0.2) is 0 Å². The summed E-state index contributed by atoms with van der Waals surface area (Å²) < 4.78 is 0. The summed E-state index contributed by atoms with van der Waals surface area (Å²) in [4.78, 5) is 0.427. The molecule has 0 saturated carbocycles. The van der Waals surface area contributed by atoms with Crippen molar-refractivity contribution in [1.82, 2.24) is 0 Å². The van der Waals surface area contributed by atoms with Crippen LogP contribution in [0.5, 0.6) is 5.75 Å². The Morgan fingerprint density at radius 2 is 2.25 bits per heavy atom. The van der Waals surface area contributed by atoms with Crippen LogP contribution in [-0.2, 0) is 6.42 Å². The van der Waals surface area contributed by atoms with E-state index in [1.807, 2.05) is 0 Å². The van der Waals surface area contributed by atoms with E-state index < -0.39 is 0 Å². The maximum absolute atomic E-state index is 9.21. The van der Waals surface area contributed by atoms with Crippen molar-refractivity contribution < 1.29 is 5.11 Å². The summed E-state index contributed by atoms with van der Waals surface area (Å²) in [5.41, 5.74) is 0.925. The first-order valence-corrected chi connectivity index (χ1v) is 4.29. The molecule has 0 saturated heterocycles. The van der Waals surface area contributed by atoms with Crippen LogP contribution in [0.25, 0.3) is 0 Å². The minimum atomic E-state index is 0.108. The SMILES string of the molecule is C=CCc1ccc(O)c(S)c1Cl. The fourth-order valence-electron chi connectivity index (χ4n) is 0.909. The Balaban J connectivity index is 3.16. The van der Waals surface area contributed by atoms with E-state index in [0.29, 0.717) is 16.3 Å². The van der Waals surface area contributed by atoms with E-state index in [4.69, 9.17) is 11.6 Å². The number of thiol groups is 1. The summed E-state index contributed by atoms with van der Waals surface area (Å²) in [7, 11) is 0. The summed E-state index contributed by atoms with van der Waals surface area (Å²) in [6.45, 7) is 3.60. The minimum Gasteiger partial charge on any atom is -0.507 e. The standard InChI is InChI=1S/C9H9ClOS/c1-2-3-6-4-5-7(11)9(12)8(6)10/h2,4-5,11-12H,1,3H2. The molecule has 0 aliphatic heterocycles. The van der Waals surface area contributed by atoms with E-state index in [1.54, 1.807) is 18.2 Å². The fraction of sp³-hybridized carbons (Fsp3) is 0.111. The van der Waals surface area contributed by atoms with Gasteiger partial charge in [0.05, 0.1) is 9.92 Å². The maximum Gasteiger partial charge on any atom is 0.130 e. The predicted octanol–water partition coefficient (Wildman–Crippen LogP) is 3.06. The highest BCUT2D eigenvalue weighted by Crippen LogP contribution is 2.32. The molecule has 0 radical (unpaired) electrons. The zero-order chi connectivity index (χ0) is 9.14. The van der Waals surface area contributed by atoms with Crippen LogP contribution in [0, 0.1) is 0 Å². The van der Waals surface area contributed by atoms with Gasteiger partial charge in [0.2, 0.25) is 0 Å². The molecule has 0 aromatic heterocycles. The minimum absolute atomic E-state index is 0.108. The molecule has 1 nitrogen and oxygen atoms in total. The highest BCUT2D eigenvalue weighted by molar-refractivity contribution is 7.80. The molecule has 0 unspecified atom stereocenters. The molecule has 0 atom stereocenters. The molecular formula is C9H9ClOS. The normalized spacial score (nSPS) is 9.83. The number of allylic oxidation sites excluding steroid dienone is 1. The van der Waals surface area contributed by atoms with Gasteiger partial charge in [-0.05, 0) is 18.1 Å². The lowest BCUT2D eigenvalue weighted by atomic mass is 10.1. The van der Waals surface area contributed by atoms with E-state index in [0.717, 1.165) is 5.56 Å². The van der Waals surface area contributed by atoms with Gasteiger partial charge < -0.3 is 5.11 Å². The second-order valence-electron chi connectivity index (χ2n) is 2.40. The molecule has 3 heteroatoms. The average Bonchev–Trinajstić information content (AvgIpc) is 2.07. The Morgan fingerprint density at radius 3 is 2.83 bits per heavy atom. The predicted molar refractivity (Wildman–Crippen MR) is 54.3 cm³/mol. The lowest BCUT2D eigenvalue weighted by Crippen LogP contribution is -1.84. The lowest BCUT2D eigenvalue weighted by molar-refractivity contribution is 0.462. The van der Waals surface area contributed by atoms with Crippen LogP contribution < -0.4 is 0 Å². The first kappa shape index (κ1) is 9.49. The topological polar surface area (TPSA) is 20.2 Å². The molecule has 1 aromatic rings. The van der Waals surface area contributed by atoms with E-state index >= 15 is 0 Å². The fourth-order valence-corrected chi connectivity index (χ4v) is 1.36. The second kappa shape index (κ2) is 3.87. The van der Waals surface area contributed by atoms with Crippen molar-refractivity contribution >= 4 is 24.2 Å². The van der Waals surface area contributed by atoms with Crippen LogP contribution in [0.3, 0.4) is 0 Å². The van der Waals surface area contributed by atoms with Gasteiger partial charge in [0.1, 0.15) is 5.75 Å². The van der Waals surface area contributed by atoms with Crippen molar-refractivity contribution in [3.8, 4) is 5.75 Å². The molecule has 1 aromatic carbocycles. The van der Waals surface area contributed by atoms with Gasteiger partial charge >= 0.3 is 0 Å². The van der Waals surface area contributed by atoms with Gasteiger partial charge in [-0.3, -0.25) is 0 Å². The van der Waals surface area contributed by atoms with Crippen molar-refractivity contribution in [2.24, 2.45) is 0 Å². The number of phenolic OH excluding ortho intramolecular Hbond substituents is 1. The maximum atomic E-state index is 9.21. The zero-order valence-electron chi connectivity index (χ0n) is 6.42. The number of aromatic hydroxyl groups is 1. The van der Waals surface area contributed by atoms with Gasteiger partial charge in [0.25, 0.3) is 0 Å². The van der Waals surface area contributed by atoms with Crippen molar-refractivity contribution in [3.05, 3.63) is 35.4 Å². The van der Waals surface area contributed by atoms with Crippen LogP contribution in [0.2, 0.25) is 5.02 Å². The van der Waals surface area contributed by atoms with Crippen molar-refractivity contribution in [3.63, 3.8) is 0 Å². The lowest BCUT2D eigenvalue weighted by Gasteiger charge is -2.04. The molecule has 1 rings (SSSR count). The summed E-state index contributed by atoms with van der Waals surface area (Å²) in [6.07, 6.45) is 2.44. The van der Waals surface area contributed by atoms with Crippen LogP contribution >= 0.6 is 24.2 Å². The van der Waals surface area contributed by atoms with Gasteiger partial charge in [-0.15, -0.1) is 19.2 Å². The van der Waals surface area contributed by atoms with E-state index in [2.05, 4.69) is 19.2 Å². The summed E-state index contributed by atoms with van der Waals surface area (Å²) in [5, 5.41) is 9.70. The second-order valence-corrected chi connectivity index (χ2v) is 3.22. The Hall–Kier alpha value is -0.600. The molecule has 64 valence electrons. The van der Waals surface area contributed by atoms with E-state index in [-0.39, 0.29) is 5.75 Å². The first-order valence-electron chi connectivity index (χ1n) is 3.47. The third-order valence-electron chi connectivity index (χ3n) is 1.54. The third-order valence-corrected chi connectivity index (χ3v) is 2.56. The Labute approximate surface area is 82.1 Å². The van der Waals surface area contributed by atoms with E-state index in [9.17, 15) is 5.11 Å². The highest BCUT2D eigenvalue weighted by Gasteiger charge is 2.05. The first-order chi connectivity index (χ1) is 5.66. The Kier molecular flexibility index (Phi) is 3.06. The molecule has 0 bridgehead atoms. The number of rotatable bonds is 2. The summed E-state index contributed by atoms with van der Waals surface area (Å²) in [6, 6.07) is 3.34. The van der Waals surface area contributed by atoms with Crippen molar-refractivity contribution in [2.45, 2.75) is 11.3 Å². The van der Waals surface area contributed by atoms with Crippen molar-refractivity contribution in [1.29, 1.82) is 0 Å². The molecule has 0 aliphatic carbocycles. The molecule has 0 spiro atoms. The van der Waals surface area contributed by atoms with Crippen molar-refractivity contribution in [2.75, 3.05) is 0 Å². The van der Waals surface area contributed by atoms with Gasteiger partial charge in [-0.25, -0.2) is 0 Å². The largest absolute Gasteiger partial charge is 0.507 e. The van der Waals surface area contributed by atoms with Gasteiger partial charge in [-0.1, -0.05) is 23.7 Å². The molecule has 0 heterocycles. The molecule has 0 aliphatic rings. The summed E-state index contributed by atoms with van der Waals surface area (Å²) >= 11 is 9.95. The quantitative estimate of drug-likeness (QED) is 0.556. The smallest absolute Gasteiger partial charge is 0.130 e. The summed E-state index contributed by atoms with van der Waals surface area (Å²) in [5.74, 6) is 0.108. The number of hydrogen-bond acceptors (Lipinski definition) is 2. The van der Waals surface area contributed by atoms with Gasteiger partial charge in [0, 0.05) is 0 Å². The number of hydrogen-bond donors (Lipinski definition) is 2. The molecule has 0 fully saturated rings. The van der Waals surface area contributed by atoms with Crippen LogP contribution in [-0.4, -0.2) is 5.11 Å². The Morgan fingerprint density at radius 1 is 1.58 bits per heavy atom. The van der Waals surface area contributed by atoms with E-state index in [1.165, 1.54) is 0 Å². The third kappa shape index (κ3) is 1.76. The number of phenols is 1. The van der Waals surface area contributed by atoms with Gasteiger partial charge in [-0.2, -0.15) is 0 Å². The zero-order valence-corrected chi connectivity index (χ0v) is 8.07. The molecular weight excluding hydrogens is 192 g/mol. The number of benzene rings is 1.